The Bertz CT molecular complexity index is 675. The van der Waals surface area contributed by atoms with Gasteiger partial charge in [-0.2, -0.15) is 0 Å². The van der Waals surface area contributed by atoms with Crippen molar-refractivity contribution in [1.29, 1.82) is 0 Å². The van der Waals surface area contributed by atoms with E-state index in [-0.39, 0.29) is 6.09 Å². The van der Waals surface area contributed by atoms with Gasteiger partial charge in [0.25, 0.3) is 0 Å². The van der Waals surface area contributed by atoms with Crippen molar-refractivity contribution in [3.63, 3.8) is 0 Å². The smallest absolute Gasteiger partial charge is 0.413 e. The zero-order valence-corrected chi connectivity index (χ0v) is 21.1. The number of nitrogens with zero attached hydrogens (tertiary/aromatic N) is 1. The third-order valence-electron chi connectivity index (χ3n) is 5.40. The van der Waals surface area contributed by atoms with Crippen LogP contribution in [-0.2, 0) is 9.47 Å². The SMILES string of the molecule is CC(C)=CCC/C(C)=C/CC/C(C)=C/C[C@@]1(C)COC(C)(C)N1C(=O)OC(C)(C)C. The lowest BCUT2D eigenvalue weighted by Gasteiger charge is -2.40. The molecule has 4 heteroatoms. The number of carbonyl (C=O) groups is 1. The highest BCUT2D eigenvalue weighted by atomic mass is 16.6. The molecule has 0 spiro atoms. The average Bonchev–Trinajstić information content (AvgIpc) is 2.81. The molecule has 1 fully saturated rings. The molecule has 1 aliphatic rings. The summed E-state index contributed by atoms with van der Waals surface area (Å²) >= 11 is 0. The van der Waals surface area contributed by atoms with Crippen molar-refractivity contribution >= 4 is 6.09 Å². The molecule has 0 bridgehead atoms. The van der Waals surface area contributed by atoms with Gasteiger partial charge in [0.1, 0.15) is 11.3 Å². The maximum atomic E-state index is 12.9. The predicted octanol–water partition coefficient (Wildman–Crippen LogP) is 7.56. The summed E-state index contributed by atoms with van der Waals surface area (Å²) in [5.41, 5.74) is 2.56. The first-order valence-corrected chi connectivity index (χ1v) is 11.3. The van der Waals surface area contributed by atoms with Gasteiger partial charge < -0.3 is 9.47 Å². The molecule has 1 aliphatic heterocycles. The fourth-order valence-corrected chi connectivity index (χ4v) is 3.74. The summed E-state index contributed by atoms with van der Waals surface area (Å²) in [5.74, 6) is 0. The van der Waals surface area contributed by atoms with Crippen LogP contribution in [0.3, 0.4) is 0 Å². The Morgan fingerprint density at radius 2 is 1.50 bits per heavy atom. The second kappa shape index (κ2) is 10.7. The van der Waals surface area contributed by atoms with Gasteiger partial charge in [-0.25, -0.2) is 4.79 Å². The number of hydrogen-bond donors (Lipinski definition) is 0. The Kier molecular flexibility index (Phi) is 9.41. The van der Waals surface area contributed by atoms with E-state index in [1.807, 2.05) is 34.6 Å². The number of ether oxygens (including phenoxy) is 2. The van der Waals surface area contributed by atoms with E-state index in [2.05, 4.69) is 52.8 Å². The van der Waals surface area contributed by atoms with Crippen molar-refractivity contribution in [2.45, 2.75) is 118 Å². The molecule has 172 valence electrons. The van der Waals surface area contributed by atoms with E-state index in [4.69, 9.17) is 9.47 Å². The van der Waals surface area contributed by atoms with Crippen LogP contribution in [-0.4, -0.2) is 34.5 Å². The molecule has 0 aromatic heterocycles. The van der Waals surface area contributed by atoms with E-state index < -0.39 is 16.9 Å². The van der Waals surface area contributed by atoms with Gasteiger partial charge in [0.05, 0.1) is 12.1 Å². The molecule has 0 aromatic carbocycles. The summed E-state index contributed by atoms with van der Waals surface area (Å²) in [5, 5.41) is 0. The summed E-state index contributed by atoms with van der Waals surface area (Å²) in [6.45, 7) is 20.8. The molecule has 1 heterocycles. The number of allylic oxidation sites excluding steroid dienone is 5. The summed E-state index contributed by atoms with van der Waals surface area (Å²) in [6.07, 6.45) is 11.7. The number of hydrogen-bond acceptors (Lipinski definition) is 3. The molecule has 1 atom stereocenters. The van der Waals surface area contributed by atoms with E-state index in [0.717, 1.165) is 32.1 Å². The lowest BCUT2D eigenvalue weighted by Crippen LogP contribution is -2.55. The van der Waals surface area contributed by atoms with E-state index in [1.54, 1.807) is 4.90 Å². The highest BCUT2D eigenvalue weighted by Crippen LogP contribution is 2.38. The van der Waals surface area contributed by atoms with Crippen LogP contribution in [0.15, 0.2) is 34.9 Å². The largest absolute Gasteiger partial charge is 0.444 e. The van der Waals surface area contributed by atoms with Crippen molar-refractivity contribution < 1.29 is 14.3 Å². The molecule has 1 rings (SSSR count). The first kappa shape index (κ1) is 26.5. The van der Waals surface area contributed by atoms with E-state index in [1.165, 1.54) is 16.7 Å². The zero-order valence-electron chi connectivity index (χ0n) is 21.1. The maximum Gasteiger partial charge on any atom is 0.413 e. The average molecular weight is 420 g/mol. The van der Waals surface area contributed by atoms with Gasteiger partial charge in [-0.15, -0.1) is 0 Å². The topological polar surface area (TPSA) is 38.8 Å². The zero-order chi connectivity index (χ0) is 23.2. The van der Waals surface area contributed by atoms with Crippen molar-refractivity contribution in [2.75, 3.05) is 6.61 Å². The molecular weight excluding hydrogens is 374 g/mol. The lowest BCUT2D eigenvalue weighted by atomic mass is 9.94. The van der Waals surface area contributed by atoms with Crippen LogP contribution in [0, 0.1) is 0 Å². The Labute approximate surface area is 185 Å². The molecule has 0 saturated carbocycles. The van der Waals surface area contributed by atoms with Gasteiger partial charge in [0.2, 0.25) is 0 Å². The van der Waals surface area contributed by atoms with E-state index in [0.29, 0.717) is 6.61 Å². The Hall–Kier alpha value is -1.55. The Morgan fingerprint density at radius 3 is 2.03 bits per heavy atom. The first-order chi connectivity index (χ1) is 13.7. The minimum atomic E-state index is -0.677. The number of carbonyl (C=O) groups excluding carboxylic acids is 1. The molecule has 1 amide bonds. The van der Waals surface area contributed by atoms with Gasteiger partial charge in [0, 0.05) is 0 Å². The third kappa shape index (κ3) is 8.67. The fourth-order valence-electron chi connectivity index (χ4n) is 3.74. The molecule has 0 unspecified atom stereocenters. The summed E-state index contributed by atoms with van der Waals surface area (Å²) in [4.78, 5) is 14.7. The Morgan fingerprint density at radius 1 is 0.967 bits per heavy atom. The van der Waals surface area contributed by atoms with Gasteiger partial charge in [-0.3, -0.25) is 4.90 Å². The first-order valence-electron chi connectivity index (χ1n) is 11.3. The van der Waals surface area contributed by atoms with Crippen molar-refractivity contribution in [1.82, 2.24) is 4.90 Å². The summed E-state index contributed by atoms with van der Waals surface area (Å²) in [6, 6.07) is 0. The summed E-state index contributed by atoms with van der Waals surface area (Å²) in [7, 11) is 0. The van der Waals surface area contributed by atoms with Crippen LogP contribution in [0.5, 0.6) is 0 Å². The molecule has 0 aliphatic carbocycles. The second-order valence-corrected chi connectivity index (χ2v) is 10.7. The maximum absolute atomic E-state index is 12.9. The predicted molar refractivity (Wildman–Crippen MR) is 127 cm³/mol. The second-order valence-electron chi connectivity index (χ2n) is 10.7. The molecular formula is C26H45NO3. The van der Waals surface area contributed by atoms with Crippen LogP contribution in [0.1, 0.15) is 101 Å². The molecule has 4 nitrogen and oxygen atoms in total. The minimum absolute atomic E-state index is 0.312. The quantitative estimate of drug-likeness (QED) is 0.381. The Balaban J connectivity index is 2.71. The fraction of sp³-hybridized carbons (Fsp3) is 0.731. The summed E-state index contributed by atoms with van der Waals surface area (Å²) < 4.78 is 11.7. The van der Waals surface area contributed by atoms with Gasteiger partial charge in [-0.05, 0) is 101 Å². The number of rotatable bonds is 8. The van der Waals surface area contributed by atoms with Crippen LogP contribution >= 0.6 is 0 Å². The molecule has 0 radical (unpaired) electrons. The van der Waals surface area contributed by atoms with Crippen molar-refractivity contribution in [3.05, 3.63) is 34.9 Å². The van der Waals surface area contributed by atoms with Gasteiger partial charge >= 0.3 is 6.09 Å². The normalized spacial score (nSPS) is 22.3. The molecule has 0 aromatic rings. The lowest BCUT2D eigenvalue weighted by molar-refractivity contribution is -0.0677. The number of amides is 1. The third-order valence-corrected chi connectivity index (χ3v) is 5.40. The molecule has 1 saturated heterocycles. The highest BCUT2D eigenvalue weighted by Gasteiger charge is 2.52. The van der Waals surface area contributed by atoms with Crippen LogP contribution < -0.4 is 0 Å². The van der Waals surface area contributed by atoms with E-state index >= 15 is 0 Å². The van der Waals surface area contributed by atoms with E-state index in [9.17, 15) is 4.79 Å². The molecule has 0 N–H and O–H groups in total. The molecule has 30 heavy (non-hydrogen) atoms. The van der Waals surface area contributed by atoms with Crippen molar-refractivity contribution in [2.24, 2.45) is 0 Å². The van der Waals surface area contributed by atoms with Crippen LogP contribution in [0.2, 0.25) is 0 Å². The van der Waals surface area contributed by atoms with Gasteiger partial charge in [-0.1, -0.05) is 34.9 Å². The van der Waals surface area contributed by atoms with Gasteiger partial charge in [0.15, 0.2) is 0 Å². The monoisotopic (exact) mass is 419 g/mol. The van der Waals surface area contributed by atoms with Crippen LogP contribution in [0.4, 0.5) is 4.79 Å². The van der Waals surface area contributed by atoms with Crippen LogP contribution in [0.25, 0.3) is 0 Å². The van der Waals surface area contributed by atoms with Crippen molar-refractivity contribution in [3.8, 4) is 0 Å². The standard InChI is InChI=1S/C26H45NO3/c1-20(2)13-11-14-21(3)15-12-16-22(4)17-18-26(10)19-29-25(8,9)27(26)23(28)30-24(5,6)7/h13,15,17H,11-12,14,16,18-19H2,1-10H3/b21-15+,22-17+/t26-/m0/s1. The minimum Gasteiger partial charge on any atom is -0.444 e. The highest BCUT2D eigenvalue weighted by molar-refractivity contribution is 5.70.